The molecular weight excluding hydrogens is 980 g/mol. The molecule has 384 valence electrons. The van der Waals surface area contributed by atoms with Gasteiger partial charge in [-0.25, -0.2) is 25.3 Å². The van der Waals surface area contributed by atoms with Crippen molar-refractivity contribution in [3.63, 3.8) is 0 Å². The first-order chi connectivity index (χ1) is 30.2. The maximum absolute atomic E-state index is 10.2. The molecule has 64 heavy (non-hydrogen) atoms. The first kappa shape index (κ1) is 71.0. The van der Waals surface area contributed by atoms with Crippen LogP contribution in [0, 0.1) is 0 Å². The number of hydrogen-bond donors (Lipinski definition) is 0. The van der Waals surface area contributed by atoms with Gasteiger partial charge < -0.3 is 13.7 Å². The smallest absolute Gasteiger partial charge is 0.726 e. The van der Waals surface area contributed by atoms with Crippen LogP contribution in [-0.4, -0.2) is 84.6 Å². The Kier molecular flexibility index (Phi) is 62.2. The molecule has 0 N–H and O–H groups in total. The van der Waals surface area contributed by atoms with E-state index in [0.29, 0.717) is 19.3 Å². The molecule has 0 radical (unpaired) electrons. The van der Waals surface area contributed by atoms with Crippen molar-refractivity contribution in [2.45, 2.75) is 290 Å². The van der Waals surface area contributed by atoms with E-state index in [1.807, 2.05) is 0 Å². The molecule has 0 aromatic heterocycles. The van der Waals surface area contributed by atoms with Gasteiger partial charge in [0.05, 0.1) is 19.8 Å². The number of rotatable bonds is 48. The van der Waals surface area contributed by atoms with Crippen molar-refractivity contribution in [3.05, 3.63) is 0 Å². The molecule has 0 fully saturated rings. The van der Waals surface area contributed by atoms with Gasteiger partial charge in [-0.3, -0.25) is 12.5 Å². The molecule has 0 saturated carbocycles. The van der Waals surface area contributed by atoms with Gasteiger partial charge in [-0.1, -0.05) is 271 Å². The second kappa shape index (κ2) is 56.1. The summed E-state index contributed by atoms with van der Waals surface area (Å²) in [7, 11) is -13.5. The predicted octanol–water partition coefficient (Wildman–Crippen LogP) is 14.5. The van der Waals surface area contributed by atoms with Gasteiger partial charge in [0, 0.05) is 0 Å². The number of unbranched alkanes of at least 4 members (excludes halogenated alkanes) is 39. The maximum Gasteiger partial charge on any atom is 3.00 e. The molecule has 0 unspecified atom stereocenters. The van der Waals surface area contributed by atoms with Crippen LogP contribution in [0.3, 0.4) is 0 Å². The molecule has 0 aromatic carbocycles. The Morgan fingerprint density at radius 1 is 0.234 bits per heavy atom. The fraction of sp³-hybridized carbons (Fsp3) is 1.00. The minimum absolute atomic E-state index is 0. The van der Waals surface area contributed by atoms with Crippen molar-refractivity contribution in [1.29, 1.82) is 0 Å². The molecule has 0 amide bonds. The van der Waals surface area contributed by atoms with E-state index in [0.717, 1.165) is 38.5 Å². The summed E-state index contributed by atoms with van der Waals surface area (Å²) in [6, 6.07) is 0. The van der Waals surface area contributed by atoms with E-state index in [4.69, 9.17) is 0 Å². The molecule has 0 aliphatic heterocycles. The van der Waals surface area contributed by atoms with Gasteiger partial charge in [0.15, 0.2) is 0 Å². The average molecular weight is 1080 g/mol. The van der Waals surface area contributed by atoms with E-state index in [1.54, 1.807) is 0 Å². The van der Waals surface area contributed by atoms with Gasteiger partial charge in [0.1, 0.15) is 0 Å². The Bertz CT molecular complexity index is 1060. The van der Waals surface area contributed by atoms with Crippen LogP contribution < -0.4 is 0 Å². The first-order valence-electron chi connectivity index (χ1n) is 26.0. The van der Waals surface area contributed by atoms with Crippen molar-refractivity contribution in [2.24, 2.45) is 0 Å². The second-order valence-corrected chi connectivity index (χ2v) is 20.6. The van der Waals surface area contributed by atoms with Crippen molar-refractivity contribution in [1.82, 2.24) is 0 Å². The molecule has 0 rings (SSSR count). The van der Waals surface area contributed by atoms with Crippen LogP contribution in [0.2, 0.25) is 0 Å². The third kappa shape index (κ3) is 79.6. The zero-order chi connectivity index (χ0) is 47.4. The fourth-order valence-corrected chi connectivity index (χ4v) is 8.34. The Hall–Kier alpha value is 0.480. The van der Waals surface area contributed by atoms with E-state index < -0.39 is 31.2 Å². The second-order valence-electron chi connectivity index (χ2n) is 17.5. The van der Waals surface area contributed by atoms with Crippen molar-refractivity contribution >= 4 is 57.0 Å². The van der Waals surface area contributed by atoms with E-state index in [-0.39, 0.29) is 45.7 Å². The van der Waals surface area contributed by atoms with Gasteiger partial charge in [-0.05, 0) is 19.3 Å². The van der Waals surface area contributed by atoms with Crippen LogP contribution in [0.1, 0.15) is 290 Å². The summed E-state index contributed by atoms with van der Waals surface area (Å²) < 4.78 is 104. The average Bonchev–Trinajstić information content (AvgIpc) is 3.21. The van der Waals surface area contributed by atoms with Crippen LogP contribution >= 0.6 is 0 Å². The Balaban J connectivity index is -0.000000419. The summed E-state index contributed by atoms with van der Waals surface area (Å²) in [5.74, 6) is 0. The van der Waals surface area contributed by atoms with Crippen LogP contribution in [-0.2, 0) is 43.7 Å². The molecule has 16 heteroatoms. The summed E-state index contributed by atoms with van der Waals surface area (Å²) in [6.45, 7) is 6.84. The number of hydrogen-bond acceptors (Lipinski definition) is 12. The molecule has 0 bridgehead atoms. The molecule has 0 aliphatic carbocycles. The third-order valence-electron chi connectivity index (χ3n) is 11.2. The van der Waals surface area contributed by atoms with Gasteiger partial charge in [0.2, 0.25) is 31.2 Å². The van der Waals surface area contributed by atoms with Crippen LogP contribution in [0.5, 0.6) is 0 Å². The van der Waals surface area contributed by atoms with Crippen LogP contribution in [0.25, 0.3) is 0 Å². The normalized spacial score (nSPS) is 11.7. The molecule has 0 saturated heterocycles. The maximum atomic E-state index is 10.2. The molecule has 12 nitrogen and oxygen atoms in total. The summed E-state index contributed by atoms with van der Waals surface area (Å²) in [5, 5.41) is 0. The van der Waals surface area contributed by atoms with E-state index in [9.17, 15) is 38.9 Å². The first-order valence-corrected chi connectivity index (χ1v) is 30.0. The molecular formula is C48H99InO12S3. The SMILES string of the molecule is CCCCCCCCCCCCCCCCOS(=O)(=O)[O-].CCCCCCCCCCCCCCCCOS(=O)(=O)[O-].CCCCCCCCCCCCCCCCOS(=O)(=O)[O-].[In+3]. The molecule has 0 aromatic rings. The Morgan fingerprint density at radius 3 is 0.453 bits per heavy atom. The quantitative estimate of drug-likeness (QED) is 0.0318. The minimum atomic E-state index is -4.49. The van der Waals surface area contributed by atoms with E-state index in [2.05, 4.69) is 33.3 Å². The molecule has 0 spiro atoms. The fourth-order valence-electron chi connectivity index (χ4n) is 7.37. The van der Waals surface area contributed by atoms with Crippen LogP contribution in [0.4, 0.5) is 0 Å². The molecule has 0 atom stereocenters. The monoisotopic (exact) mass is 1080 g/mol. The van der Waals surface area contributed by atoms with E-state index in [1.165, 1.54) is 212 Å². The summed E-state index contributed by atoms with van der Waals surface area (Å²) in [6.07, 6.45) is 52.2. The topological polar surface area (TPSA) is 199 Å². The third-order valence-corrected chi connectivity index (χ3v) is 12.5. The van der Waals surface area contributed by atoms with Gasteiger partial charge in [-0.2, -0.15) is 0 Å². The van der Waals surface area contributed by atoms with Crippen molar-refractivity contribution in [2.75, 3.05) is 19.8 Å². The van der Waals surface area contributed by atoms with E-state index >= 15 is 0 Å². The van der Waals surface area contributed by atoms with Crippen molar-refractivity contribution < 1.29 is 51.5 Å². The van der Waals surface area contributed by atoms with Gasteiger partial charge in [0.25, 0.3) is 0 Å². The standard InChI is InChI=1S/3C16H34O4S.In/c3*1-2-3-4-5-6-7-8-9-10-11-12-13-14-15-16-20-21(17,18)19;/h3*2-16H2,1H3,(H,17,18,19);/q;;;+3/p-3. The summed E-state index contributed by atoms with van der Waals surface area (Å²) in [4.78, 5) is 0. The Morgan fingerprint density at radius 2 is 0.344 bits per heavy atom. The molecule has 0 heterocycles. The van der Waals surface area contributed by atoms with Gasteiger partial charge in [-0.15, -0.1) is 0 Å². The zero-order valence-corrected chi connectivity index (χ0v) is 47.3. The largest absolute Gasteiger partial charge is 3.00 e. The predicted molar refractivity (Wildman–Crippen MR) is 264 cm³/mol. The summed E-state index contributed by atoms with van der Waals surface area (Å²) in [5.41, 5.74) is 0. The molecule has 0 aliphatic rings. The van der Waals surface area contributed by atoms with Gasteiger partial charge >= 0.3 is 25.8 Å². The Labute approximate surface area is 416 Å². The minimum Gasteiger partial charge on any atom is -0.726 e. The summed E-state index contributed by atoms with van der Waals surface area (Å²) >= 11 is 0. The zero-order valence-electron chi connectivity index (χ0n) is 41.5. The van der Waals surface area contributed by atoms with Crippen molar-refractivity contribution in [3.8, 4) is 0 Å². The van der Waals surface area contributed by atoms with Crippen LogP contribution in [0.15, 0.2) is 0 Å².